The van der Waals surface area contributed by atoms with E-state index >= 15 is 0 Å². The normalized spacial score (nSPS) is 14.4. The summed E-state index contributed by atoms with van der Waals surface area (Å²) in [5.41, 5.74) is 0. The predicted octanol–water partition coefficient (Wildman–Crippen LogP) is 2.52. The van der Waals surface area contributed by atoms with E-state index in [1.54, 1.807) is 0 Å². The third-order valence-corrected chi connectivity index (χ3v) is 2.89. The summed E-state index contributed by atoms with van der Waals surface area (Å²) in [7, 11) is 0. The zero-order valence-corrected chi connectivity index (χ0v) is 9.21. The number of allylic oxidation sites excluding steroid dienone is 1. The van der Waals surface area contributed by atoms with Crippen LogP contribution >= 0.6 is 22.6 Å². The number of hydrogen-bond donors (Lipinski definition) is 0. The number of esters is 1. The summed E-state index contributed by atoms with van der Waals surface area (Å²) in [6.07, 6.45) is 1.92. The van der Waals surface area contributed by atoms with Gasteiger partial charge in [0.25, 0.3) is 0 Å². The maximum absolute atomic E-state index is 11.1. The van der Waals surface area contributed by atoms with Crippen LogP contribution in [0.5, 0.6) is 0 Å². The number of carbonyl (C=O) groups is 1. The van der Waals surface area contributed by atoms with E-state index in [1.165, 1.54) is 0 Å². The SMILES string of the molecule is C/C=C(\I)C(C)C(=O)OCC. The van der Waals surface area contributed by atoms with Gasteiger partial charge in [-0.2, -0.15) is 0 Å². The Morgan fingerprint density at radius 1 is 1.73 bits per heavy atom. The van der Waals surface area contributed by atoms with Crippen molar-refractivity contribution in [2.45, 2.75) is 20.8 Å². The lowest BCUT2D eigenvalue weighted by molar-refractivity contribution is -0.145. The first-order valence-corrected chi connectivity index (χ1v) is 4.69. The van der Waals surface area contributed by atoms with Crippen LogP contribution in [0.4, 0.5) is 0 Å². The van der Waals surface area contributed by atoms with Crippen LogP contribution in [0.15, 0.2) is 9.66 Å². The number of hydrogen-bond acceptors (Lipinski definition) is 2. The van der Waals surface area contributed by atoms with Crippen LogP contribution in [0.3, 0.4) is 0 Å². The number of rotatable bonds is 3. The fourth-order valence-electron chi connectivity index (χ4n) is 0.630. The van der Waals surface area contributed by atoms with E-state index in [0.717, 1.165) is 3.58 Å². The monoisotopic (exact) mass is 268 g/mol. The van der Waals surface area contributed by atoms with Gasteiger partial charge in [0.1, 0.15) is 0 Å². The van der Waals surface area contributed by atoms with Crippen molar-refractivity contribution in [2.24, 2.45) is 5.92 Å². The van der Waals surface area contributed by atoms with Gasteiger partial charge < -0.3 is 4.74 Å². The maximum Gasteiger partial charge on any atom is 0.313 e. The van der Waals surface area contributed by atoms with Crippen molar-refractivity contribution in [2.75, 3.05) is 6.61 Å². The molecule has 0 aromatic rings. The fourth-order valence-corrected chi connectivity index (χ4v) is 0.884. The molecule has 0 saturated carbocycles. The summed E-state index contributed by atoms with van der Waals surface area (Å²) in [4.78, 5) is 11.1. The zero-order valence-electron chi connectivity index (χ0n) is 7.06. The van der Waals surface area contributed by atoms with Gasteiger partial charge in [0.05, 0.1) is 12.5 Å². The van der Waals surface area contributed by atoms with Crippen LogP contribution in [0.2, 0.25) is 0 Å². The lowest BCUT2D eigenvalue weighted by Gasteiger charge is -2.08. The molecule has 0 aromatic carbocycles. The molecule has 0 bridgehead atoms. The molecule has 0 saturated heterocycles. The van der Waals surface area contributed by atoms with E-state index < -0.39 is 0 Å². The minimum Gasteiger partial charge on any atom is -0.466 e. The largest absolute Gasteiger partial charge is 0.466 e. The van der Waals surface area contributed by atoms with Crippen LogP contribution in [0.25, 0.3) is 0 Å². The van der Waals surface area contributed by atoms with Crippen LogP contribution in [-0.4, -0.2) is 12.6 Å². The van der Waals surface area contributed by atoms with E-state index in [-0.39, 0.29) is 11.9 Å². The summed E-state index contributed by atoms with van der Waals surface area (Å²) in [5.74, 6) is -0.254. The molecule has 0 heterocycles. The van der Waals surface area contributed by atoms with Crippen molar-refractivity contribution in [3.05, 3.63) is 9.66 Å². The molecule has 0 aromatic heterocycles. The van der Waals surface area contributed by atoms with Gasteiger partial charge in [-0.1, -0.05) is 6.08 Å². The molecular weight excluding hydrogens is 255 g/mol. The first kappa shape index (κ1) is 10.9. The molecule has 0 radical (unpaired) electrons. The Hall–Kier alpha value is -0.0600. The Balaban J connectivity index is 4.02. The average Bonchev–Trinajstić information content (AvgIpc) is 2.02. The summed E-state index contributed by atoms with van der Waals surface area (Å²) in [5, 5.41) is 0. The molecule has 0 N–H and O–H groups in total. The molecule has 0 aliphatic rings. The molecule has 0 rings (SSSR count). The Labute approximate surface area is 81.1 Å². The van der Waals surface area contributed by atoms with Gasteiger partial charge in [0, 0.05) is 3.58 Å². The van der Waals surface area contributed by atoms with Gasteiger partial charge in [0.2, 0.25) is 0 Å². The third kappa shape index (κ3) is 3.74. The number of carbonyl (C=O) groups excluding carboxylic acids is 1. The first-order valence-electron chi connectivity index (χ1n) is 3.61. The fraction of sp³-hybridized carbons (Fsp3) is 0.625. The molecule has 0 aliphatic carbocycles. The summed E-state index contributed by atoms with van der Waals surface area (Å²) >= 11 is 2.15. The second-order valence-corrected chi connectivity index (χ2v) is 3.39. The second kappa shape index (κ2) is 5.57. The van der Waals surface area contributed by atoms with Crippen molar-refractivity contribution >= 4 is 28.6 Å². The Bertz CT molecular complexity index is 163. The standard InChI is InChI=1S/C8H13IO2/c1-4-7(9)6(3)8(10)11-5-2/h4,6H,5H2,1-3H3/b7-4-. The van der Waals surface area contributed by atoms with Crippen LogP contribution in [0.1, 0.15) is 20.8 Å². The van der Waals surface area contributed by atoms with Crippen LogP contribution < -0.4 is 0 Å². The van der Waals surface area contributed by atoms with E-state index in [0.29, 0.717) is 6.61 Å². The van der Waals surface area contributed by atoms with Crippen molar-refractivity contribution < 1.29 is 9.53 Å². The lowest BCUT2D eigenvalue weighted by atomic mass is 10.2. The average molecular weight is 268 g/mol. The highest BCUT2D eigenvalue weighted by Crippen LogP contribution is 2.18. The Kier molecular flexibility index (Phi) is 5.54. The van der Waals surface area contributed by atoms with Gasteiger partial charge in [-0.15, -0.1) is 0 Å². The molecule has 0 spiro atoms. The highest BCUT2D eigenvalue weighted by molar-refractivity contribution is 14.1. The van der Waals surface area contributed by atoms with Crippen molar-refractivity contribution in [1.29, 1.82) is 0 Å². The third-order valence-electron chi connectivity index (χ3n) is 1.33. The smallest absolute Gasteiger partial charge is 0.313 e. The molecule has 11 heavy (non-hydrogen) atoms. The minimum atomic E-state index is -0.144. The predicted molar refractivity (Wildman–Crippen MR) is 53.6 cm³/mol. The molecule has 64 valence electrons. The summed E-state index contributed by atoms with van der Waals surface area (Å²) < 4.78 is 5.87. The molecular formula is C8H13IO2. The molecule has 0 amide bonds. The summed E-state index contributed by atoms with van der Waals surface area (Å²) in [6.45, 7) is 6.03. The van der Waals surface area contributed by atoms with Gasteiger partial charge in [-0.25, -0.2) is 0 Å². The first-order chi connectivity index (χ1) is 5.13. The van der Waals surface area contributed by atoms with E-state index in [2.05, 4.69) is 22.6 Å². The number of ether oxygens (including phenoxy) is 1. The highest BCUT2D eigenvalue weighted by Gasteiger charge is 2.15. The summed E-state index contributed by atoms with van der Waals surface area (Å²) in [6, 6.07) is 0. The molecule has 0 aliphatic heterocycles. The van der Waals surface area contributed by atoms with Crippen LogP contribution in [0, 0.1) is 5.92 Å². The second-order valence-electron chi connectivity index (χ2n) is 2.15. The van der Waals surface area contributed by atoms with E-state index in [9.17, 15) is 4.79 Å². The quantitative estimate of drug-likeness (QED) is 0.580. The minimum absolute atomic E-state index is 0.111. The van der Waals surface area contributed by atoms with Crippen molar-refractivity contribution in [3.8, 4) is 0 Å². The molecule has 1 atom stereocenters. The Morgan fingerprint density at radius 2 is 2.27 bits per heavy atom. The number of halogens is 1. The highest BCUT2D eigenvalue weighted by atomic mass is 127. The molecule has 3 heteroatoms. The Morgan fingerprint density at radius 3 is 2.64 bits per heavy atom. The van der Waals surface area contributed by atoms with Gasteiger partial charge in [-0.05, 0) is 43.4 Å². The molecule has 1 unspecified atom stereocenters. The zero-order chi connectivity index (χ0) is 8.85. The van der Waals surface area contributed by atoms with Crippen molar-refractivity contribution in [3.63, 3.8) is 0 Å². The molecule has 2 nitrogen and oxygen atoms in total. The van der Waals surface area contributed by atoms with Crippen molar-refractivity contribution in [1.82, 2.24) is 0 Å². The van der Waals surface area contributed by atoms with Gasteiger partial charge in [0.15, 0.2) is 0 Å². The van der Waals surface area contributed by atoms with Gasteiger partial charge >= 0.3 is 5.97 Å². The van der Waals surface area contributed by atoms with E-state index in [4.69, 9.17) is 4.74 Å². The molecule has 0 fully saturated rings. The van der Waals surface area contributed by atoms with E-state index in [1.807, 2.05) is 26.8 Å². The topological polar surface area (TPSA) is 26.3 Å². The maximum atomic E-state index is 11.1. The van der Waals surface area contributed by atoms with Gasteiger partial charge in [-0.3, -0.25) is 4.79 Å². The lowest BCUT2D eigenvalue weighted by Crippen LogP contribution is -2.14. The van der Waals surface area contributed by atoms with Crippen LogP contribution in [-0.2, 0) is 9.53 Å².